The van der Waals surface area contributed by atoms with Gasteiger partial charge in [-0.3, -0.25) is 0 Å². The van der Waals surface area contributed by atoms with Crippen molar-refractivity contribution in [2.45, 2.75) is 13.3 Å². The van der Waals surface area contributed by atoms with E-state index < -0.39 is 0 Å². The molecule has 0 spiro atoms. The first kappa shape index (κ1) is 13.1. The van der Waals surface area contributed by atoms with Crippen LogP contribution in [-0.4, -0.2) is 32.9 Å². The molecule has 104 valence electrons. The van der Waals surface area contributed by atoms with E-state index in [1.165, 1.54) is 5.56 Å². The number of aliphatic hydroxyl groups excluding tert-OH is 1. The molecule has 0 aliphatic heterocycles. The van der Waals surface area contributed by atoms with E-state index in [9.17, 15) is 0 Å². The fraction of sp³-hybridized carbons (Fsp3) is 0.286. The number of nitrogens with zero attached hydrogens (tertiary/aromatic N) is 3. The van der Waals surface area contributed by atoms with Crippen LogP contribution in [0.3, 0.4) is 0 Å². The minimum absolute atomic E-state index is 0.181. The van der Waals surface area contributed by atoms with Crippen LogP contribution in [0.25, 0.3) is 16.2 Å². The molecule has 0 aliphatic carbocycles. The molecular weight excluding hydrogens is 272 g/mol. The smallest absolute Gasteiger partial charge is 0.154 e. The molecule has 0 amide bonds. The number of nitrogens with one attached hydrogen (secondary N) is 1. The number of fused-ring (bicyclic) bond motifs is 1. The summed E-state index contributed by atoms with van der Waals surface area (Å²) in [5.41, 5.74) is 3.08. The molecule has 3 aromatic rings. The van der Waals surface area contributed by atoms with Gasteiger partial charge in [-0.25, -0.2) is 9.50 Å². The van der Waals surface area contributed by atoms with Crippen LogP contribution in [0.2, 0.25) is 0 Å². The Morgan fingerprint density at radius 3 is 3.05 bits per heavy atom. The molecule has 20 heavy (non-hydrogen) atoms. The molecule has 0 atom stereocenters. The number of thiophene rings is 1. The third-order valence-electron chi connectivity index (χ3n) is 2.99. The van der Waals surface area contributed by atoms with E-state index in [-0.39, 0.29) is 6.61 Å². The molecular formula is C14H16N4OS. The van der Waals surface area contributed by atoms with E-state index in [4.69, 9.17) is 5.11 Å². The Labute approximate surface area is 120 Å². The lowest BCUT2D eigenvalue weighted by Gasteiger charge is -2.05. The van der Waals surface area contributed by atoms with Gasteiger partial charge < -0.3 is 10.4 Å². The highest BCUT2D eigenvalue weighted by molar-refractivity contribution is 7.13. The Kier molecular flexibility index (Phi) is 3.66. The first-order valence-electron chi connectivity index (χ1n) is 6.53. The van der Waals surface area contributed by atoms with Gasteiger partial charge in [0.05, 0.1) is 11.1 Å². The first-order chi connectivity index (χ1) is 9.78. The minimum Gasteiger partial charge on any atom is -0.396 e. The van der Waals surface area contributed by atoms with Crippen molar-refractivity contribution in [3.63, 3.8) is 0 Å². The van der Waals surface area contributed by atoms with Gasteiger partial charge in [-0.15, -0.1) is 16.4 Å². The highest BCUT2D eigenvalue weighted by Crippen LogP contribution is 2.27. The van der Waals surface area contributed by atoms with Crippen molar-refractivity contribution in [2.75, 3.05) is 18.5 Å². The zero-order valence-electron chi connectivity index (χ0n) is 11.2. The van der Waals surface area contributed by atoms with Gasteiger partial charge in [-0.05, 0) is 42.5 Å². The predicted octanol–water partition coefficient (Wildman–Crippen LogP) is 2.56. The molecule has 6 heteroatoms. The summed E-state index contributed by atoms with van der Waals surface area (Å²) < 4.78 is 1.85. The van der Waals surface area contributed by atoms with Gasteiger partial charge in [0.25, 0.3) is 0 Å². The van der Waals surface area contributed by atoms with Gasteiger partial charge in [0.1, 0.15) is 11.5 Å². The summed E-state index contributed by atoms with van der Waals surface area (Å²) in [5, 5.41) is 18.7. The summed E-state index contributed by atoms with van der Waals surface area (Å²) in [7, 11) is 0. The molecule has 0 unspecified atom stereocenters. The standard InChI is InChI=1S/C14H16N4OS/c1-10-7-12(20-9-10)11-8-16-14-4-3-13(17-18(11)14)15-5-2-6-19/h3-4,7-9,19H,2,5-6H2,1H3,(H,15,17). The number of rotatable bonds is 5. The van der Waals surface area contributed by atoms with Crippen LogP contribution < -0.4 is 5.32 Å². The molecule has 3 aromatic heterocycles. The van der Waals surface area contributed by atoms with Crippen LogP contribution in [-0.2, 0) is 0 Å². The van der Waals surface area contributed by atoms with E-state index in [2.05, 4.69) is 33.8 Å². The average molecular weight is 288 g/mol. The number of anilines is 1. The van der Waals surface area contributed by atoms with Gasteiger partial charge in [0.2, 0.25) is 0 Å². The molecule has 5 nitrogen and oxygen atoms in total. The van der Waals surface area contributed by atoms with Crippen molar-refractivity contribution in [2.24, 2.45) is 0 Å². The van der Waals surface area contributed by atoms with Gasteiger partial charge in [-0.2, -0.15) is 0 Å². The second-order valence-electron chi connectivity index (χ2n) is 4.62. The molecule has 3 rings (SSSR count). The summed E-state index contributed by atoms with van der Waals surface area (Å²) in [6.07, 6.45) is 2.56. The second-order valence-corrected chi connectivity index (χ2v) is 5.54. The molecule has 0 fully saturated rings. The van der Waals surface area contributed by atoms with Crippen molar-refractivity contribution in [1.82, 2.24) is 14.6 Å². The maximum atomic E-state index is 8.80. The van der Waals surface area contributed by atoms with E-state index >= 15 is 0 Å². The summed E-state index contributed by atoms with van der Waals surface area (Å²) >= 11 is 1.70. The summed E-state index contributed by atoms with van der Waals surface area (Å²) in [6, 6.07) is 5.99. The lowest BCUT2D eigenvalue weighted by Crippen LogP contribution is -2.07. The molecule has 0 aliphatic rings. The van der Waals surface area contributed by atoms with Crippen molar-refractivity contribution in [3.8, 4) is 10.6 Å². The first-order valence-corrected chi connectivity index (χ1v) is 7.41. The number of aryl methyl sites for hydroxylation is 1. The molecule has 0 radical (unpaired) electrons. The monoisotopic (exact) mass is 288 g/mol. The van der Waals surface area contributed by atoms with Crippen LogP contribution in [0.5, 0.6) is 0 Å². The fourth-order valence-electron chi connectivity index (χ4n) is 2.00. The Bertz CT molecular complexity index is 719. The van der Waals surface area contributed by atoms with Crippen molar-refractivity contribution >= 4 is 22.8 Å². The van der Waals surface area contributed by atoms with Crippen LogP contribution in [0.1, 0.15) is 12.0 Å². The third-order valence-corrected chi connectivity index (χ3v) is 4.06. The SMILES string of the molecule is Cc1csc(-c2cnc3ccc(NCCCO)nn23)c1. The predicted molar refractivity (Wildman–Crippen MR) is 81.2 cm³/mol. The minimum atomic E-state index is 0.181. The number of aromatic nitrogens is 3. The maximum absolute atomic E-state index is 8.80. The van der Waals surface area contributed by atoms with Crippen LogP contribution in [0.15, 0.2) is 29.8 Å². The molecule has 0 saturated heterocycles. The summed E-state index contributed by atoms with van der Waals surface area (Å²) in [6.45, 7) is 2.97. The van der Waals surface area contributed by atoms with Crippen molar-refractivity contribution in [3.05, 3.63) is 35.3 Å². The van der Waals surface area contributed by atoms with Crippen molar-refractivity contribution in [1.29, 1.82) is 0 Å². The molecule has 0 bridgehead atoms. The Morgan fingerprint density at radius 2 is 2.30 bits per heavy atom. The van der Waals surface area contributed by atoms with E-state index in [1.54, 1.807) is 11.3 Å². The Balaban J connectivity index is 1.95. The highest BCUT2D eigenvalue weighted by atomic mass is 32.1. The van der Waals surface area contributed by atoms with Crippen LogP contribution in [0.4, 0.5) is 5.82 Å². The van der Waals surface area contributed by atoms with E-state index in [0.29, 0.717) is 13.0 Å². The second kappa shape index (κ2) is 5.60. The molecule has 3 heterocycles. The van der Waals surface area contributed by atoms with Gasteiger partial charge in [0.15, 0.2) is 5.65 Å². The largest absolute Gasteiger partial charge is 0.396 e. The summed E-state index contributed by atoms with van der Waals surface area (Å²) in [4.78, 5) is 5.54. The molecule has 2 N–H and O–H groups in total. The Morgan fingerprint density at radius 1 is 1.40 bits per heavy atom. The van der Waals surface area contributed by atoms with Crippen molar-refractivity contribution < 1.29 is 5.11 Å². The third kappa shape index (κ3) is 2.52. The number of hydrogen-bond acceptors (Lipinski definition) is 5. The van der Waals surface area contributed by atoms with E-state index in [0.717, 1.165) is 22.0 Å². The lowest BCUT2D eigenvalue weighted by atomic mass is 10.3. The number of imidazole rings is 1. The quantitative estimate of drug-likeness (QED) is 0.708. The highest BCUT2D eigenvalue weighted by Gasteiger charge is 2.09. The Hall–Kier alpha value is -1.92. The zero-order valence-corrected chi connectivity index (χ0v) is 12.0. The number of hydrogen-bond donors (Lipinski definition) is 2. The average Bonchev–Trinajstić information content (AvgIpc) is 3.04. The zero-order chi connectivity index (χ0) is 13.9. The van der Waals surface area contributed by atoms with Crippen LogP contribution >= 0.6 is 11.3 Å². The lowest BCUT2D eigenvalue weighted by molar-refractivity contribution is 0.292. The number of aliphatic hydroxyl groups is 1. The van der Waals surface area contributed by atoms with Crippen LogP contribution in [0, 0.1) is 6.92 Å². The maximum Gasteiger partial charge on any atom is 0.154 e. The fourth-order valence-corrected chi connectivity index (χ4v) is 2.89. The molecule has 0 aromatic carbocycles. The van der Waals surface area contributed by atoms with Gasteiger partial charge in [0, 0.05) is 13.2 Å². The normalized spacial score (nSPS) is 11.1. The topological polar surface area (TPSA) is 62.5 Å². The molecule has 0 saturated carbocycles. The van der Waals surface area contributed by atoms with Gasteiger partial charge in [-0.1, -0.05) is 0 Å². The summed E-state index contributed by atoms with van der Waals surface area (Å²) in [5.74, 6) is 0.790. The van der Waals surface area contributed by atoms with E-state index in [1.807, 2.05) is 22.8 Å². The van der Waals surface area contributed by atoms with Gasteiger partial charge >= 0.3 is 0 Å².